The molecule has 4 heteroatoms. The third kappa shape index (κ3) is 6.22. The highest BCUT2D eigenvalue weighted by Crippen LogP contribution is 2.02. The zero-order valence-corrected chi connectivity index (χ0v) is 10.2. The van der Waals surface area contributed by atoms with Gasteiger partial charge in [0.1, 0.15) is 0 Å². The maximum atomic E-state index is 11.7. The molecular formula is C12H21NO3. The van der Waals surface area contributed by atoms with E-state index in [1.54, 1.807) is 11.0 Å². The van der Waals surface area contributed by atoms with Gasteiger partial charge < -0.3 is 9.64 Å². The summed E-state index contributed by atoms with van der Waals surface area (Å²) in [5.74, 6) is -0.219. The number of hydrogen-bond donors (Lipinski definition) is 0. The van der Waals surface area contributed by atoms with Crippen molar-refractivity contribution in [3.8, 4) is 0 Å². The molecule has 0 rings (SSSR count). The Balaban J connectivity index is 4.09. The molecule has 0 aromatic carbocycles. The highest BCUT2D eigenvalue weighted by atomic mass is 16.5. The fourth-order valence-corrected chi connectivity index (χ4v) is 1.29. The molecule has 0 bridgehead atoms. The minimum atomic E-state index is -0.294. The SMILES string of the molecule is C=CCN(CCC(=O)OC)C(=O)CCCC. The van der Waals surface area contributed by atoms with Gasteiger partial charge in [-0.1, -0.05) is 19.4 Å². The Morgan fingerprint density at radius 1 is 1.38 bits per heavy atom. The molecule has 0 fully saturated rings. The molecule has 1 amide bonds. The summed E-state index contributed by atoms with van der Waals surface area (Å²) < 4.78 is 4.54. The number of carbonyl (C=O) groups is 2. The number of amides is 1. The first-order valence-corrected chi connectivity index (χ1v) is 5.61. The van der Waals surface area contributed by atoms with E-state index in [4.69, 9.17) is 0 Å². The normalized spacial score (nSPS) is 9.62. The summed E-state index contributed by atoms with van der Waals surface area (Å²) in [7, 11) is 1.35. The quantitative estimate of drug-likeness (QED) is 0.469. The maximum absolute atomic E-state index is 11.7. The number of hydrogen-bond acceptors (Lipinski definition) is 3. The van der Waals surface area contributed by atoms with Crippen LogP contribution in [0.5, 0.6) is 0 Å². The monoisotopic (exact) mass is 227 g/mol. The van der Waals surface area contributed by atoms with Gasteiger partial charge in [-0.05, 0) is 6.42 Å². The third-order valence-corrected chi connectivity index (χ3v) is 2.26. The van der Waals surface area contributed by atoms with Gasteiger partial charge in [-0.2, -0.15) is 0 Å². The molecule has 0 heterocycles. The molecule has 0 aliphatic carbocycles. The predicted molar refractivity (Wildman–Crippen MR) is 62.9 cm³/mol. The summed E-state index contributed by atoms with van der Waals surface area (Å²) in [6.45, 7) is 6.53. The van der Waals surface area contributed by atoms with Gasteiger partial charge in [0, 0.05) is 19.5 Å². The van der Waals surface area contributed by atoms with Crippen molar-refractivity contribution in [3.63, 3.8) is 0 Å². The Kier molecular flexibility index (Phi) is 8.21. The van der Waals surface area contributed by atoms with Crippen LogP contribution in [0.3, 0.4) is 0 Å². The predicted octanol–water partition coefficient (Wildman–Crippen LogP) is 1.75. The molecule has 92 valence electrons. The van der Waals surface area contributed by atoms with E-state index in [1.165, 1.54) is 7.11 Å². The van der Waals surface area contributed by atoms with Crippen molar-refractivity contribution in [2.75, 3.05) is 20.2 Å². The fraction of sp³-hybridized carbons (Fsp3) is 0.667. The molecule has 0 saturated carbocycles. The van der Waals surface area contributed by atoms with Crippen LogP contribution in [0.4, 0.5) is 0 Å². The van der Waals surface area contributed by atoms with E-state index in [1.807, 2.05) is 6.92 Å². The van der Waals surface area contributed by atoms with Gasteiger partial charge >= 0.3 is 5.97 Å². The molecule has 0 spiro atoms. The molecule has 0 aliphatic heterocycles. The number of rotatable bonds is 8. The highest BCUT2D eigenvalue weighted by molar-refractivity contribution is 5.77. The van der Waals surface area contributed by atoms with Crippen LogP contribution in [0, 0.1) is 0 Å². The lowest BCUT2D eigenvalue weighted by Crippen LogP contribution is -2.33. The van der Waals surface area contributed by atoms with Gasteiger partial charge in [0.05, 0.1) is 13.5 Å². The molecule has 4 nitrogen and oxygen atoms in total. The Bertz CT molecular complexity index is 238. The molecule has 0 atom stereocenters. The van der Waals surface area contributed by atoms with E-state index in [0.29, 0.717) is 19.5 Å². The first-order chi connectivity index (χ1) is 7.65. The number of esters is 1. The van der Waals surface area contributed by atoms with Crippen LogP contribution in [0.1, 0.15) is 32.6 Å². The van der Waals surface area contributed by atoms with Crippen molar-refractivity contribution in [2.45, 2.75) is 32.6 Å². The summed E-state index contributed by atoms with van der Waals surface area (Å²) in [5.41, 5.74) is 0. The van der Waals surface area contributed by atoms with Gasteiger partial charge in [0.25, 0.3) is 0 Å². The minimum absolute atomic E-state index is 0.0747. The second-order valence-corrected chi connectivity index (χ2v) is 3.56. The summed E-state index contributed by atoms with van der Waals surface area (Å²) in [4.78, 5) is 24.3. The second-order valence-electron chi connectivity index (χ2n) is 3.56. The number of nitrogens with zero attached hydrogens (tertiary/aromatic N) is 1. The molecule has 0 saturated heterocycles. The van der Waals surface area contributed by atoms with Gasteiger partial charge in [-0.3, -0.25) is 9.59 Å². The van der Waals surface area contributed by atoms with Crippen molar-refractivity contribution in [2.24, 2.45) is 0 Å². The summed E-state index contributed by atoms with van der Waals surface area (Å²) >= 11 is 0. The van der Waals surface area contributed by atoms with Crippen LogP contribution >= 0.6 is 0 Å². The standard InChI is InChI=1S/C12H21NO3/c1-4-6-7-11(14)13(9-5-2)10-8-12(15)16-3/h5H,2,4,6-10H2,1,3H3. The Labute approximate surface area is 97.3 Å². The van der Waals surface area contributed by atoms with Crippen molar-refractivity contribution in [3.05, 3.63) is 12.7 Å². The Morgan fingerprint density at radius 3 is 2.56 bits per heavy atom. The van der Waals surface area contributed by atoms with Gasteiger partial charge in [-0.15, -0.1) is 6.58 Å². The average molecular weight is 227 g/mol. The first kappa shape index (κ1) is 14.7. The first-order valence-electron chi connectivity index (χ1n) is 5.61. The number of methoxy groups -OCH3 is 1. The zero-order chi connectivity index (χ0) is 12.4. The Hall–Kier alpha value is -1.32. The second kappa shape index (κ2) is 8.95. The molecule has 0 aromatic rings. The number of ether oxygens (including phenoxy) is 1. The lowest BCUT2D eigenvalue weighted by Gasteiger charge is -2.20. The van der Waals surface area contributed by atoms with E-state index in [9.17, 15) is 9.59 Å². The highest BCUT2D eigenvalue weighted by Gasteiger charge is 2.13. The Morgan fingerprint density at radius 2 is 2.06 bits per heavy atom. The van der Waals surface area contributed by atoms with Crippen molar-refractivity contribution >= 4 is 11.9 Å². The summed E-state index contributed by atoms with van der Waals surface area (Å²) in [6, 6.07) is 0. The molecule has 16 heavy (non-hydrogen) atoms. The molecule has 0 radical (unpaired) electrons. The topological polar surface area (TPSA) is 46.6 Å². The fourth-order valence-electron chi connectivity index (χ4n) is 1.29. The van der Waals surface area contributed by atoms with E-state index in [2.05, 4.69) is 11.3 Å². The largest absolute Gasteiger partial charge is 0.469 e. The molecule has 0 aliphatic rings. The van der Waals surface area contributed by atoms with Crippen LogP contribution < -0.4 is 0 Å². The lowest BCUT2D eigenvalue weighted by molar-refractivity contribution is -0.141. The van der Waals surface area contributed by atoms with Crippen LogP contribution in [-0.4, -0.2) is 37.0 Å². The van der Waals surface area contributed by atoms with E-state index in [-0.39, 0.29) is 18.3 Å². The lowest BCUT2D eigenvalue weighted by atomic mass is 10.2. The number of unbranched alkanes of at least 4 members (excludes halogenated alkanes) is 1. The zero-order valence-electron chi connectivity index (χ0n) is 10.2. The average Bonchev–Trinajstić information content (AvgIpc) is 2.30. The third-order valence-electron chi connectivity index (χ3n) is 2.26. The van der Waals surface area contributed by atoms with Crippen molar-refractivity contribution in [1.82, 2.24) is 4.90 Å². The van der Waals surface area contributed by atoms with Gasteiger partial charge in [0.2, 0.25) is 5.91 Å². The maximum Gasteiger partial charge on any atom is 0.307 e. The summed E-state index contributed by atoms with van der Waals surface area (Å²) in [5, 5.41) is 0. The number of carbonyl (C=O) groups excluding carboxylic acids is 2. The molecule has 0 aromatic heterocycles. The van der Waals surface area contributed by atoms with Crippen LogP contribution in [0.25, 0.3) is 0 Å². The van der Waals surface area contributed by atoms with Crippen molar-refractivity contribution in [1.29, 1.82) is 0 Å². The van der Waals surface area contributed by atoms with Gasteiger partial charge in [-0.25, -0.2) is 0 Å². The molecule has 0 unspecified atom stereocenters. The smallest absolute Gasteiger partial charge is 0.307 e. The van der Waals surface area contributed by atoms with Crippen LogP contribution in [-0.2, 0) is 14.3 Å². The molecular weight excluding hydrogens is 206 g/mol. The summed E-state index contributed by atoms with van der Waals surface area (Å²) in [6.07, 6.45) is 4.31. The van der Waals surface area contributed by atoms with Crippen LogP contribution in [0.2, 0.25) is 0 Å². The minimum Gasteiger partial charge on any atom is -0.469 e. The van der Waals surface area contributed by atoms with Crippen molar-refractivity contribution < 1.29 is 14.3 Å². The van der Waals surface area contributed by atoms with E-state index in [0.717, 1.165) is 12.8 Å². The van der Waals surface area contributed by atoms with E-state index < -0.39 is 0 Å². The van der Waals surface area contributed by atoms with E-state index >= 15 is 0 Å². The van der Waals surface area contributed by atoms with Gasteiger partial charge in [0.15, 0.2) is 0 Å². The van der Waals surface area contributed by atoms with Crippen LogP contribution in [0.15, 0.2) is 12.7 Å². The molecule has 0 N–H and O–H groups in total.